The molecule has 0 radical (unpaired) electrons. The van der Waals surface area contributed by atoms with Gasteiger partial charge in [-0.3, -0.25) is 4.79 Å². The summed E-state index contributed by atoms with van der Waals surface area (Å²) in [5.74, 6) is -0.842. The molecule has 18 heavy (non-hydrogen) atoms. The average Bonchev–Trinajstić information content (AvgIpc) is 2.34. The van der Waals surface area contributed by atoms with Crippen molar-refractivity contribution in [2.24, 2.45) is 0 Å². The SMILES string of the molecule is CCC(=O)Nc1cc(CC(=S)OC)c(Cl)cc1F. The van der Waals surface area contributed by atoms with Crippen molar-refractivity contribution in [2.75, 3.05) is 12.4 Å². The lowest BCUT2D eigenvalue weighted by Crippen LogP contribution is -2.12. The Kier molecular flexibility index (Phi) is 5.50. The van der Waals surface area contributed by atoms with Gasteiger partial charge < -0.3 is 10.1 Å². The van der Waals surface area contributed by atoms with Gasteiger partial charge in [0.25, 0.3) is 0 Å². The zero-order valence-electron chi connectivity index (χ0n) is 10.0. The number of anilines is 1. The van der Waals surface area contributed by atoms with Crippen LogP contribution in [0.25, 0.3) is 0 Å². The molecule has 1 amide bonds. The lowest BCUT2D eigenvalue weighted by atomic mass is 10.1. The Balaban J connectivity index is 3.02. The normalized spacial score (nSPS) is 10.0. The van der Waals surface area contributed by atoms with Crippen LogP contribution in [0.1, 0.15) is 18.9 Å². The van der Waals surface area contributed by atoms with E-state index in [0.29, 0.717) is 17.0 Å². The third kappa shape index (κ3) is 3.92. The van der Waals surface area contributed by atoms with E-state index < -0.39 is 5.82 Å². The van der Waals surface area contributed by atoms with E-state index >= 15 is 0 Å². The number of methoxy groups -OCH3 is 1. The van der Waals surface area contributed by atoms with E-state index in [9.17, 15) is 9.18 Å². The summed E-state index contributed by atoms with van der Waals surface area (Å²) in [4.78, 5) is 11.2. The molecule has 0 saturated heterocycles. The molecule has 1 N–H and O–H groups in total. The lowest BCUT2D eigenvalue weighted by Gasteiger charge is -2.10. The largest absolute Gasteiger partial charge is 0.490 e. The molecule has 1 aromatic rings. The molecule has 0 atom stereocenters. The van der Waals surface area contributed by atoms with E-state index in [4.69, 9.17) is 28.6 Å². The number of halogens is 2. The first-order valence-corrected chi connectivity index (χ1v) is 6.11. The fourth-order valence-corrected chi connectivity index (χ4v) is 1.66. The number of benzene rings is 1. The number of carbonyl (C=O) groups excluding carboxylic acids is 1. The minimum atomic E-state index is -0.575. The molecule has 6 heteroatoms. The summed E-state index contributed by atoms with van der Waals surface area (Å²) in [5, 5.41) is 3.06. The second-order valence-electron chi connectivity index (χ2n) is 3.58. The summed E-state index contributed by atoms with van der Waals surface area (Å²) < 4.78 is 18.5. The van der Waals surface area contributed by atoms with Gasteiger partial charge in [-0.25, -0.2) is 4.39 Å². The van der Waals surface area contributed by atoms with Gasteiger partial charge in [-0.15, -0.1) is 0 Å². The maximum atomic E-state index is 13.6. The van der Waals surface area contributed by atoms with E-state index in [1.165, 1.54) is 13.2 Å². The van der Waals surface area contributed by atoms with Crippen LogP contribution >= 0.6 is 23.8 Å². The van der Waals surface area contributed by atoms with Crippen LogP contribution in [0, 0.1) is 5.82 Å². The highest BCUT2D eigenvalue weighted by molar-refractivity contribution is 7.80. The van der Waals surface area contributed by atoms with E-state index in [1.807, 2.05) is 0 Å². The van der Waals surface area contributed by atoms with Gasteiger partial charge in [0.2, 0.25) is 5.91 Å². The molecule has 0 fully saturated rings. The van der Waals surface area contributed by atoms with Crippen LogP contribution in [0.4, 0.5) is 10.1 Å². The van der Waals surface area contributed by atoms with Gasteiger partial charge in [-0.1, -0.05) is 18.5 Å². The van der Waals surface area contributed by atoms with Crippen LogP contribution < -0.4 is 5.32 Å². The van der Waals surface area contributed by atoms with E-state index in [1.54, 1.807) is 6.92 Å². The molecule has 0 saturated carbocycles. The summed E-state index contributed by atoms with van der Waals surface area (Å²) in [7, 11) is 1.46. The van der Waals surface area contributed by atoms with Gasteiger partial charge in [0.05, 0.1) is 12.8 Å². The minimum absolute atomic E-state index is 0.0974. The lowest BCUT2D eigenvalue weighted by molar-refractivity contribution is -0.115. The van der Waals surface area contributed by atoms with Crippen LogP contribution in [0.2, 0.25) is 5.02 Å². The second kappa shape index (κ2) is 6.66. The molecule has 0 aliphatic rings. The zero-order valence-corrected chi connectivity index (χ0v) is 11.6. The van der Waals surface area contributed by atoms with E-state index in [2.05, 4.69) is 5.32 Å². The first-order chi connectivity index (χ1) is 8.47. The van der Waals surface area contributed by atoms with Crippen LogP contribution in [0.3, 0.4) is 0 Å². The minimum Gasteiger partial charge on any atom is -0.490 e. The predicted octanol–water partition coefficient (Wildman–Crippen LogP) is 3.34. The topological polar surface area (TPSA) is 38.3 Å². The quantitative estimate of drug-likeness (QED) is 0.864. The average molecular weight is 290 g/mol. The number of carbonyl (C=O) groups is 1. The second-order valence-corrected chi connectivity index (χ2v) is 4.44. The first-order valence-electron chi connectivity index (χ1n) is 5.32. The van der Waals surface area contributed by atoms with Crippen molar-refractivity contribution >= 4 is 40.5 Å². The van der Waals surface area contributed by atoms with Gasteiger partial charge >= 0.3 is 0 Å². The number of ether oxygens (including phenoxy) is 1. The van der Waals surface area contributed by atoms with Gasteiger partial charge in [0.1, 0.15) is 5.82 Å². The van der Waals surface area contributed by atoms with Crippen molar-refractivity contribution < 1.29 is 13.9 Å². The van der Waals surface area contributed by atoms with Crippen molar-refractivity contribution in [1.29, 1.82) is 0 Å². The Labute approximate surface area is 115 Å². The highest BCUT2D eigenvalue weighted by Gasteiger charge is 2.12. The van der Waals surface area contributed by atoms with Crippen LogP contribution in [0.15, 0.2) is 12.1 Å². The van der Waals surface area contributed by atoms with E-state index in [0.717, 1.165) is 6.07 Å². The number of thiocarbonyl (C=S) groups is 1. The third-order valence-corrected chi connectivity index (χ3v) is 2.96. The smallest absolute Gasteiger partial charge is 0.224 e. The first kappa shape index (κ1) is 14.9. The molecule has 0 spiro atoms. The molecular weight excluding hydrogens is 277 g/mol. The van der Waals surface area contributed by atoms with Crippen LogP contribution in [-0.2, 0) is 16.0 Å². The molecule has 0 aliphatic carbocycles. The number of hydrogen-bond acceptors (Lipinski definition) is 3. The molecule has 0 unspecified atom stereocenters. The Morgan fingerprint density at radius 1 is 1.56 bits per heavy atom. The van der Waals surface area contributed by atoms with Gasteiger partial charge in [0.15, 0.2) is 5.05 Å². The summed E-state index contributed by atoms with van der Waals surface area (Å²) in [5.41, 5.74) is 0.705. The molecular formula is C12H13ClFNO2S. The van der Waals surface area contributed by atoms with Crippen LogP contribution in [0.5, 0.6) is 0 Å². The van der Waals surface area contributed by atoms with Gasteiger partial charge in [-0.05, 0) is 29.9 Å². The number of hydrogen-bond donors (Lipinski definition) is 1. The molecule has 3 nitrogen and oxygen atoms in total. The highest BCUT2D eigenvalue weighted by atomic mass is 35.5. The van der Waals surface area contributed by atoms with Gasteiger partial charge in [0, 0.05) is 17.9 Å². The Morgan fingerprint density at radius 2 is 2.22 bits per heavy atom. The van der Waals surface area contributed by atoms with Crippen molar-refractivity contribution in [3.63, 3.8) is 0 Å². The Morgan fingerprint density at radius 3 is 2.78 bits per heavy atom. The Hall–Kier alpha value is -1.20. The third-order valence-electron chi connectivity index (χ3n) is 2.29. The number of amides is 1. The number of rotatable bonds is 4. The maximum absolute atomic E-state index is 13.6. The van der Waals surface area contributed by atoms with Crippen molar-refractivity contribution in [2.45, 2.75) is 19.8 Å². The highest BCUT2D eigenvalue weighted by Crippen LogP contribution is 2.25. The predicted molar refractivity (Wildman–Crippen MR) is 73.6 cm³/mol. The molecule has 0 aliphatic heterocycles. The van der Waals surface area contributed by atoms with Gasteiger partial charge in [-0.2, -0.15) is 0 Å². The molecule has 98 valence electrons. The fraction of sp³-hybridized carbons (Fsp3) is 0.333. The summed E-state index contributed by atoms with van der Waals surface area (Å²) >= 11 is 10.8. The van der Waals surface area contributed by atoms with Crippen molar-refractivity contribution in [1.82, 2.24) is 0 Å². The molecule has 0 aromatic heterocycles. The zero-order chi connectivity index (χ0) is 13.7. The number of nitrogens with one attached hydrogen (secondary N) is 1. The van der Waals surface area contributed by atoms with E-state index in [-0.39, 0.29) is 23.0 Å². The summed E-state index contributed by atoms with van der Waals surface area (Å²) in [6, 6.07) is 2.62. The monoisotopic (exact) mass is 289 g/mol. The van der Waals surface area contributed by atoms with Crippen LogP contribution in [-0.4, -0.2) is 18.1 Å². The molecule has 1 aromatic carbocycles. The fourth-order valence-electron chi connectivity index (χ4n) is 1.29. The van der Waals surface area contributed by atoms with Crippen molar-refractivity contribution in [3.8, 4) is 0 Å². The standard InChI is InChI=1S/C12H13ClFNO2S/c1-3-11(16)15-10-4-7(5-12(18)17-2)8(13)6-9(10)14/h4,6H,3,5H2,1-2H3,(H,15,16). The molecule has 1 rings (SSSR count). The molecule has 0 heterocycles. The molecule has 0 bridgehead atoms. The Bertz CT molecular complexity index is 440. The summed E-state index contributed by atoms with van der Waals surface area (Å²) in [6.45, 7) is 1.68. The van der Waals surface area contributed by atoms with Crippen molar-refractivity contribution in [3.05, 3.63) is 28.5 Å². The summed E-state index contributed by atoms with van der Waals surface area (Å²) in [6.07, 6.45) is 0.563. The maximum Gasteiger partial charge on any atom is 0.224 e.